The Morgan fingerprint density at radius 2 is 1.63 bits per heavy atom. The molecule has 0 aliphatic heterocycles. The average molecular weight is 266 g/mol. The van der Waals surface area contributed by atoms with Crippen LogP contribution in [0.3, 0.4) is 0 Å². The third-order valence-corrected chi connectivity index (χ3v) is 5.26. The number of amides is 1. The van der Waals surface area contributed by atoms with Crippen LogP contribution in [-0.4, -0.2) is 18.0 Å². The van der Waals surface area contributed by atoms with Gasteiger partial charge in [-0.1, -0.05) is 20.8 Å². The standard InChI is InChI=1S/C16H30N2O/c1-10-5-7-15(12(3)8-10)18-16(19)13-9-11(2)4-6-14(13)17/h10-15H,4-9,17H2,1-3H3,(H,18,19). The first-order chi connectivity index (χ1) is 8.97. The van der Waals surface area contributed by atoms with Gasteiger partial charge in [0.2, 0.25) is 5.91 Å². The molecule has 1 amide bonds. The lowest BCUT2D eigenvalue weighted by atomic mass is 9.77. The van der Waals surface area contributed by atoms with Gasteiger partial charge in [-0.2, -0.15) is 0 Å². The summed E-state index contributed by atoms with van der Waals surface area (Å²) in [4.78, 5) is 12.5. The fourth-order valence-corrected chi connectivity index (χ4v) is 3.88. The molecule has 0 aromatic heterocycles. The zero-order valence-electron chi connectivity index (χ0n) is 12.7. The van der Waals surface area contributed by atoms with Crippen molar-refractivity contribution >= 4 is 5.91 Å². The largest absolute Gasteiger partial charge is 0.353 e. The predicted molar refractivity (Wildman–Crippen MR) is 78.6 cm³/mol. The first kappa shape index (κ1) is 14.8. The molecule has 0 saturated heterocycles. The summed E-state index contributed by atoms with van der Waals surface area (Å²) >= 11 is 0. The molecule has 3 nitrogen and oxygen atoms in total. The van der Waals surface area contributed by atoms with Crippen LogP contribution < -0.4 is 11.1 Å². The summed E-state index contributed by atoms with van der Waals surface area (Å²) in [5, 5.41) is 3.29. The third-order valence-electron chi connectivity index (χ3n) is 5.26. The summed E-state index contributed by atoms with van der Waals surface area (Å²) in [6.45, 7) is 6.81. The highest BCUT2D eigenvalue weighted by molar-refractivity contribution is 5.79. The third kappa shape index (κ3) is 3.71. The number of carbonyl (C=O) groups excluding carboxylic acids is 1. The van der Waals surface area contributed by atoms with Crippen molar-refractivity contribution in [2.75, 3.05) is 0 Å². The van der Waals surface area contributed by atoms with E-state index in [2.05, 4.69) is 26.1 Å². The summed E-state index contributed by atoms with van der Waals surface area (Å²) in [6.07, 6.45) is 6.73. The van der Waals surface area contributed by atoms with Gasteiger partial charge < -0.3 is 11.1 Å². The van der Waals surface area contributed by atoms with Gasteiger partial charge in [-0.05, 0) is 56.3 Å². The number of rotatable bonds is 2. The molecule has 6 atom stereocenters. The van der Waals surface area contributed by atoms with Crippen molar-refractivity contribution in [3.8, 4) is 0 Å². The van der Waals surface area contributed by atoms with Crippen LogP contribution in [0, 0.1) is 23.7 Å². The van der Waals surface area contributed by atoms with E-state index in [1.807, 2.05) is 0 Å². The Bertz CT molecular complexity index is 318. The average Bonchev–Trinajstić information content (AvgIpc) is 2.35. The highest BCUT2D eigenvalue weighted by Crippen LogP contribution is 2.31. The minimum absolute atomic E-state index is 0.0373. The van der Waals surface area contributed by atoms with E-state index in [-0.39, 0.29) is 17.9 Å². The zero-order valence-corrected chi connectivity index (χ0v) is 12.7. The van der Waals surface area contributed by atoms with Crippen molar-refractivity contribution in [1.29, 1.82) is 0 Å². The molecule has 0 heterocycles. The fraction of sp³-hybridized carbons (Fsp3) is 0.938. The molecule has 110 valence electrons. The lowest BCUT2D eigenvalue weighted by molar-refractivity contribution is -0.128. The lowest BCUT2D eigenvalue weighted by Crippen LogP contribution is -2.50. The summed E-state index contributed by atoms with van der Waals surface area (Å²) in [7, 11) is 0. The Balaban J connectivity index is 1.89. The van der Waals surface area contributed by atoms with Crippen LogP contribution >= 0.6 is 0 Å². The van der Waals surface area contributed by atoms with Crippen molar-refractivity contribution in [2.45, 2.75) is 71.4 Å². The monoisotopic (exact) mass is 266 g/mol. The molecule has 2 aliphatic rings. The normalized spacial score (nSPS) is 43.8. The Morgan fingerprint density at radius 3 is 2.32 bits per heavy atom. The van der Waals surface area contributed by atoms with Crippen LogP contribution in [0.5, 0.6) is 0 Å². The maximum Gasteiger partial charge on any atom is 0.224 e. The minimum Gasteiger partial charge on any atom is -0.353 e. The van der Waals surface area contributed by atoms with Gasteiger partial charge in [0.25, 0.3) is 0 Å². The van der Waals surface area contributed by atoms with E-state index < -0.39 is 0 Å². The first-order valence-electron chi connectivity index (χ1n) is 8.03. The number of nitrogens with two attached hydrogens (primary N) is 1. The maximum absolute atomic E-state index is 12.5. The minimum atomic E-state index is 0.0373. The van der Waals surface area contributed by atoms with E-state index in [0.29, 0.717) is 17.9 Å². The predicted octanol–water partition coefficient (Wildman–Crippen LogP) is 2.69. The van der Waals surface area contributed by atoms with E-state index in [1.54, 1.807) is 0 Å². The van der Waals surface area contributed by atoms with Crippen molar-refractivity contribution in [3.05, 3.63) is 0 Å². The molecule has 0 radical (unpaired) electrons. The first-order valence-corrected chi connectivity index (χ1v) is 8.03. The summed E-state index contributed by atoms with van der Waals surface area (Å²) < 4.78 is 0. The highest BCUT2D eigenvalue weighted by atomic mass is 16.2. The van der Waals surface area contributed by atoms with E-state index >= 15 is 0 Å². The van der Waals surface area contributed by atoms with Gasteiger partial charge in [0.05, 0.1) is 5.92 Å². The zero-order chi connectivity index (χ0) is 14.0. The molecule has 6 unspecified atom stereocenters. The molecule has 3 N–H and O–H groups in total. The van der Waals surface area contributed by atoms with Gasteiger partial charge >= 0.3 is 0 Å². The molecule has 2 rings (SSSR count). The Labute approximate surface area is 117 Å². The van der Waals surface area contributed by atoms with E-state index in [4.69, 9.17) is 5.73 Å². The Hall–Kier alpha value is -0.570. The van der Waals surface area contributed by atoms with Crippen molar-refractivity contribution in [1.82, 2.24) is 5.32 Å². The molecule has 0 spiro atoms. The smallest absolute Gasteiger partial charge is 0.224 e. The molecule has 0 bridgehead atoms. The van der Waals surface area contributed by atoms with Crippen LogP contribution in [0.2, 0.25) is 0 Å². The Morgan fingerprint density at radius 1 is 1.00 bits per heavy atom. The summed E-state index contributed by atoms with van der Waals surface area (Å²) in [6, 6.07) is 0.433. The molecule has 2 fully saturated rings. The van der Waals surface area contributed by atoms with Crippen LogP contribution in [0.25, 0.3) is 0 Å². The van der Waals surface area contributed by atoms with Gasteiger partial charge in [-0.25, -0.2) is 0 Å². The van der Waals surface area contributed by atoms with Gasteiger partial charge in [-0.15, -0.1) is 0 Å². The topological polar surface area (TPSA) is 55.1 Å². The molecule has 2 saturated carbocycles. The van der Waals surface area contributed by atoms with Gasteiger partial charge in [0, 0.05) is 12.1 Å². The summed E-state index contributed by atoms with van der Waals surface area (Å²) in [5.41, 5.74) is 6.14. The number of carbonyl (C=O) groups is 1. The Kier molecular flexibility index (Phi) is 4.88. The molecular weight excluding hydrogens is 236 g/mol. The van der Waals surface area contributed by atoms with Crippen LogP contribution in [0.1, 0.15) is 59.3 Å². The van der Waals surface area contributed by atoms with E-state index in [0.717, 1.165) is 25.2 Å². The second-order valence-electron chi connectivity index (χ2n) is 7.20. The number of hydrogen-bond donors (Lipinski definition) is 2. The quantitative estimate of drug-likeness (QED) is 0.807. The molecule has 0 aromatic rings. The lowest BCUT2D eigenvalue weighted by Gasteiger charge is -2.36. The van der Waals surface area contributed by atoms with Crippen LogP contribution in [0.15, 0.2) is 0 Å². The number of hydrogen-bond acceptors (Lipinski definition) is 2. The maximum atomic E-state index is 12.5. The van der Waals surface area contributed by atoms with Crippen LogP contribution in [-0.2, 0) is 4.79 Å². The van der Waals surface area contributed by atoms with Gasteiger partial charge in [-0.3, -0.25) is 4.79 Å². The second-order valence-corrected chi connectivity index (χ2v) is 7.20. The highest BCUT2D eigenvalue weighted by Gasteiger charge is 2.34. The molecule has 0 aromatic carbocycles. The second kappa shape index (κ2) is 6.25. The molecular formula is C16H30N2O. The van der Waals surface area contributed by atoms with Crippen molar-refractivity contribution in [2.24, 2.45) is 29.4 Å². The SMILES string of the molecule is CC1CCC(NC(=O)C2CC(C)CCC2N)C(C)C1. The molecule has 19 heavy (non-hydrogen) atoms. The fourth-order valence-electron chi connectivity index (χ4n) is 3.88. The van der Waals surface area contributed by atoms with Gasteiger partial charge in [0.15, 0.2) is 0 Å². The molecule has 2 aliphatic carbocycles. The van der Waals surface area contributed by atoms with Crippen molar-refractivity contribution < 1.29 is 4.79 Å². The van der Waals surface area contributed by atoms with Crippen molar-refractivity contribution in [3.63, 3.8) is 0 Å². The van der Waals surface area contributed by atoms with Gasteiger partial charge in [0.1, 0.15) is 0 Å². The van der Waals surface area contributed by atoms with E-state index in [1.165, 1.54) is 19.3 Å². The summed E-state index contributed by atoms with van der Waals surface area (Å²) in [5.74, 6) is 2.30. The molecule has 3 heteroatoms. The number of nitrogens with one attached hydrogen (secondary N) is 1. The van der Waals surface area contributed by atoms with E-state index in [9.17, 15) is 4.79 Å². The van der Waals surface area contributed by atoms with Crippen LogP contribution in [0.4, 0.5) is 0 Å².